The molecule has 0 aromatic carbocycles. The van der Waals surface area contributed by atoms with E-state index in [1.165, 1.54) is 0 Å². The highest BCUT2D eigenvalue weighted by atomic mass is 15.2. The van der Waals surface area contributed by atoms with Crippen molar-refractivity contribution in [2.24, 2.45) is 10.7 Å². The highest BCUT2D eigenvalue weighted by Crippen LogP contribution is 1.89. The molecule has 1 rings (SSSR count). The topological polar surface area (TPSA) is 41.6 Å². The summed E-state index contributed by atoms with van der Waals surface area (Å²) in [4.78, 5) is 5.84. The molecule has 0 aliphatic carbocycles. The van der Waals surface area contributed by atoms with Gasteiger partial charge >= 0.3 is 0 Å². The number of rotatable bonds is 1. The predicted molar refractivity (Wildman–Crippen MR) is 33.4 cm³/mol. The first-order valence-corrected chi connectivity index (χ1v) is 2.56. The Bertz CT molecular complexity index is 117. The zero-order chi connectivity index (χ0) is 5.82. The summed E-state index contributed by atoms with van der Waals surface area (Å²) < 4.78 is 0. The van der Waals surface area contributed by atoms with Gasteiger partial charge in [-0.05, 0) is 0 Å². The van der Waals surface area contributed by atoms with E-state index in [9.17, 15) is 0 Å². The van der Waals surface area contributed by atoms with Crippen LogP contribution in [-0.2, 0) is 0 Å². The second-order valence-electron chi connectivity index (χ2n) is 1.58. The molecule has 1 heterocycles. The van der Waals surface area contributed by atoms with Crippen molar-refractivity contribution in [2.75, 3.05) is 13.2 Å². The highest BCUT2D eigenvalue weighted by Gasteiger charge is 1.93. The van der Waals surface area contributed by atoms with Crippen molar-refractivity contribution < 1.29 is 0 Å². The summed E-state index contributed by atoms with van der Waals surface area (Å²) in [7, 11) is 0. The van der Waals surface area contributed by atoms with Crippen LogP contribution in [0.4, 0.5) is 0 Å². The SMILES string of the molecule is NCN1C=CN=CC1. The van der Waals surface area contributed by atoms with E-state index in [4.69, 9.17) is 5.73 Å². The van der Waals surface area contributed by atoms with E-state index in [-0.39, 0.29) is 0 Å². The molecule has 0 bridgehead atoms. The Labute approximate surface area is 48.5 Å². The summed E-state index contributed by atoms with van der Waals surface area (Å²) in [6.07, 6.45) is 5.43. The lowest BCUT2D eigenvalue weighted by molar-refractivity contribution is 0.438. The summed E-state index contributed by atoms with van der Waals surface area (Å²) >= 11 is 0. The van der Waals surface area contributed by atoms with Crippen LogP contribution in [0.1, 0.15) is 0 Å². The molecular weight excluding hydrogens is 102 g/mol. The molecule has 2 N–H and O–H groups in total. The third-order valence-electron chi connectivity index (χ3n) is 1.02. The summed E-state index contributed by atoms with van der Waals surface area (Å²) in [6.45, 7) is 1.41. The molecule has 0 saturated carbocycles. The number of aliphatic imine (C=N–C) groups is 1. The molecule has 44 valence electrons. The first-order valence-electron chi connectivity index (χ1n) is 2.56. The molecule has 0 amide bonds. The van der Waals surface area contributed by atoms with E-state index in [1.54, 1.807) is 6.20 Å². The highest BCUT2D eigenvalue weighted by molar-refractivity contribution is 5.61. The summed E-state index contributed by atoms with van der Waals surface area (Å²) in [5, 5.41) is 0. The molecule has 1 aliphatic heterocycles. The Morgan fingerprint density at radius 3 is 3.00 bits per heavy atom. The average Bonchev–Trinajstić information content (AvgIpc) is 1.90. The van der Waals surface area contributed by atoms with Gasteiger partial charge in [0.15, 0.2) is 0 Å². The van der Waals surface area contributed by atoms with Crippen LogP contribution in [0.25, 0.3) is 0 Å². The van der Waals surface area contributed by atoms with Gasteiger partial charge in [0.25, 0.3) is 0 Å². The second-order valence-corrected chi connectivity index (χ2v) is 1.58. The van der Waals surface area contributed by atoms with Gasteiger partial charge in [0.1, 0.15) is 0 Å². The van der Waals surface area contributed by atoms with Gasteiger partial charge in [0.2, 0.25) is 0 Å². The van der Waals surface area contributed by atoms with Crippen molar-refractivity contribution in [3.63, 3.8) is 0 Å². The number of nitrogens with zero attached hydrogens (tertiary/aromatic N) is 2. The van der Waals surface area contributed by atoms with E-state index < -0.39 is 0 Å². The summed E-state index contributed by atoms with van der Waals surface area (Å²) in [5.41, 5.74) is 5.32. The van der Waals surface area contributed by atoms with Gasteiger partial charge in [-0.3, -0.25) is 4.99 Å². The molecule has 3 nitrogen and oxygen atoms in total. The van der Waals surface area contributed by atoms with Crippen molar-refractivity contribution in [3.05, 3.63) is 12.4 Å². The van der Waals surface area contributed by atoms with Crippen LogP contribution in [0, 0.1) is 0 Å². The van der Waals surface area contributed by atoms with Crippen LogP contribution < -0.4 is 5.73 Å². The Balaban J connectivity index is 2.40. The van der Waals surface area contributed by atoms with Crippen molar-refractivity contribution in [1.82, 2.24) is 4.90 Å². The molecule has 0 aromatic heterocycles. The molecule has 0 atom stereocenters. The van der Waals surface area contributed by atoms with E-state index in [1.807, 2.05) is 17.3 Å². The zero-order valence-electron chi connectivity index (χ0n) is 4.62. The normalized spacial score (nSPS) is 17.4. The van der Waals surface area contributed by atoms with Gasteiger partial charge in [-0.2, -0.15) is 0 Å². The standard InChI is InChI=1S/C5H9N3/c6-5-8-3-1-7-2-4-8/h1-3H,4-6H2. The van der Waals surface area contributed by atoms with E-state index in [2.05, 4.69) is 4.99 Å². The van der Waals surface area contributed by atoms with Gasteiger partial charge in [-0.25, -0.2) is 0 Å². The third-order valence-corrected chi connectivity index (χ3v) is 1.02. The summed E-state index contributed by atoms with van der Waals surface area (Å²) in [6, 6.07) is 0. The fraction of sp³-hybridized carbons (Fsp3) is 0.400. The van der Waals surface area contributed by atoms with Crippen molar-refractivity contribution >= 4 is 6.21 Å². The Kier molecular flexibility index (Phi) is 1.64. The molecule has 0 unspecified atom stereocenters. The monoisotopic (exact) mass is 111 g/mol. The van der Waals surface area contributed by atoms with Crippen LogP contribution in [0.5, 0.6) is 0 Å². The Morgan fingerprint density at radius 1 is 1.75 bits per heavy atom. The van der Waals surface area contributed by atoms with Crippen molar-refractivity contribution in [3.8, 4) is 0 Å². The van der Waals surface area contributed by atoms with Gasteiger partial charge in [0, 0.05) is 18.6 Å². The van der Waals surface area contributed by atoms with Crippen LogP contribution in [0.15, 0.2) is 17.4 Å². The van der Waals surface area contributed by atoms with Crippen molar-refractivity contribution in [1.29, 1.82) is 0 Å². The smallest absolute Gasteiger partial charge is 0.0656 e. The van der Waals surface area contributed by atoms with Crippen LogP contribution in [0.2, 0.25) is 0 Å². The summed E-state index contributed by atoms with van der Waals surface area (Å²) in [5.74, 6) is 0. The minimum absolute atomic E-state index is 0.572. The minimum Gasteiger partial charge on any atom is -0.358 e. The predicted octanol–water partition coefficient (Wildman–Crippen LogP) is -0.240. The molecular formula is C5H9N3. The lowest BCUT2D eigenvalue weighted by Gasteiger charge is -2.15. The molecule has 0 saturated heterocycles. The van der Waals surface area contributed by atoms with E-state index >= 15 is 0 Å². The molecule has 0 spiro atoms. The van der Waals surface area contributed by atoms with Crippen LogP contribution >= 0.6 is 0 Å². The van der Waals surface area contributed by atoms with Gasteiger partial charge in [-0.15, -0.1) is 0 Å². The lowest BCUT2D eigenvalue weighted by atomic mass is 10.5. The average molecular weight is 111 g/mol. The Hall–Kier alpha value is -0.830. The largest absolute Gasteiger partial charge is 0.358 e. The number of nitrogens with two attached hydrogens (primary N) is 1. The van der Waals surface area contributed by atoms with Gasteiger partial charge < -0.3 is 10.6 Å². The van der Waals surface area contributed by atoms with Crippen LogP contribution in [-0.4, -0.2) is 24.3 Å². The molecule has 0 aromatic rings. The molecule has 3 heteroatoms. The molecule has 0 radical (unpaired) electrons. The maximum absolute atomic E-state index is 5.32. The maximum atomic E-state index is 5.32. The van der Waals surface area contributed by atoms with Crippen LogP contribution in [0.3, 0.4) is 0 Å². The lowest BCUT2D eigenvalue weighted by Crippen LogP contribution is -2.27. The number of hydrogen-bond acceptors (Lipinski definition) is 3. The first-order chi connectivity index (χ1) is 3.93. The molecule has 1 aliphatic rings. The fourth-order valence-electron chi connectivity index (χ4n) is 0.542. The van der Waals surface area contributed by atoms with Gasteiger partial charge in [0.05, 0.1) is 13.2 Å². The minimum atomic E-state index is 0.572. The number of hydrogen-bond donors (Lipinski definition) is 1. The zero-order valence-corrected chi connectivity index (χ0v) is 4.62. The molecule has 0 fully saturated rings. The third kappa shape index (κ3) is 1.07. The van der Waals surface area contributed by atoms with Crippen molar-refractivity contribution in [2.45, 2.75) is 0 Å². The van der Waals surface area contributed by atoms with Gasteiger partial charge in [-0.1, -0.05) is 0 Å². The maximum Gasteiger partial charge on any atom is 0.0656 e. The molecule has 8 heavy (non-hydrogen) atoms. The second kappa shape index (κ2) is 2.47. The van der Waals surface area contributed by atoms with E-state index in [0.717, 1.165) is 6.54 Å². The quantitative estimate of drug-likeness (QED) is 0.507. The Morgan fingerprint density at radius 2 is 2.62 bits per heavy atom. The first kappa shape index (κ1) is 5.31. The van der Waals surface area contributed by atoms with E-state index in [0.29, 0.717) is 6.67 Å². The fourth-order valence-corrected chi connectivity index (χ4v) is 0.542.